The zero-order valence-electron chi connectivity index (χ0n) is 10.4. The lowest BCUT2D eigenvalue weighted by molar-refractivity contribution is 1.09. The molecule has 4 nitrogen and oxygen atoms in total. The van der Waals surface area contributed by atoms with E-state index in [4.69, 9.17) is 11.6 Å². The highest BCUT2D eigenvalue weighted by molar-refractivity contribution is 7.18. The molecular weight excluding hydrogens is 280 g/mol. The number of anilines is 2. The van der Waals surface area contributed by atoms with Gasteiger partial charge in [-0.15, -0.1) is 0 Å². The Morgan fingerprint density at radius 1 is 1.05 bits per heavy atom. The van der Waals surface area contributed by atoms with Crippen LogP contribution in [0.2, 0.25) is 5.02 Å². The van der Waals surface area contributed by atoms with Crippen molar-refractivity contribution in [3.63, 3.8) is 0 Å². The molecule has 0 fully saturated rings. The molecule has 3 rings (SSSR count). The van der Waals surface area contributed by atoms with Crippen LogP contribution in [0.1, 0.15) is 10.8 Å². The number of rotatable bonds is 2. The minimum absolute atomic E-state index is 0.707. The van der Waals surface area contributed by atoms with Gasteiger partial charge < -0.3 is 5.32 Å². The molecular formula is C13H11ClN4S. The van der Waals surface area contributed by atoms with E-state index in [9.17, 15) is 0 Å². The van der Waals surface area contributed by atoms with Gasteiger partial charge in [0.15, 0.2) is 5.82 Å². The normalized spacial score (nSPS) is 10.9. The van der Waals surface area contributed by atoms with Crippen molar-refractivity contribution in [2.45, 2.75) is 13.8 Å². The highest BCUT2D eigenvalue weighted by Gasteiger charge is 2.10. The van der Waals surface area contributed by atoms with Gasteiger partial charge in [0.05, 0.1) is 5.01 Å². The van der Waals surface area contributed by atoms with Crippen LogP contribution in [0.15, 0.2) is 24.3 Å². The molecule has 1 N–H and O–H groups in total. The fraction of sp³-hybridized carbons (Fsp3) is 0.154. The van der Waals surface area contributed by atoms with Crippen LogP contribution in [0.25, 0.3) is 10.3 Å². The molecule has 0 unspecified atom stereocenters. The summed E-state index contributed by atoms with van der Waals surface area (Å²) in [5.74, 6) is 1.46. The Kier molecular flexibility index (Phi) is 3.08. The van der Waals surface area contributed by atoms with Crippen LogP contribution in [-0.4, -0.2) is 15.0 Å². The first-order chi connectivity index (χ1) is 9.11. The molecule has 3 aromatic rings. The summed E-state index contributed by atoms with van der Waals surface area (Å²) < 4.78 is 0. The molecule has 0 spiro atoms. The minimum Gasteiger partial charge on any atom is -0.338 e. The summed E-state index contributed by atoms with van der Waals surface area (Å²) in [7, 11) is 0. The lowest BCUT2D eigenvalue weighted by Crippen LogP contribution is -1.98. The maximum absolute atomic E-state index is 5.87. The van der Waals surface area contributed by atoms with Gasteiger partial charge in [0, 0.05) is 10.7 Å². The summed E-state index contributed by atoms with van der Waals surface area (Å²) >= 11 is 7.44. The van der Waals surface area contributed by atoms with E-state index in [0.717, 1.165) is 32.7 Å². The van der Waals surface area contributed by atoms with Crippen molar-refractivity contribution in [2.24, 2.45) is 0 Å². The quantitative estimate of drug-likeness (QED) is 0.772. The number of aryl methyl sites for hydroxylation is 2. The Bertz CT molecular complexity index is 736. The number of hydrogen-bond acceptors (Lipinski definition) is 5. The zero-order valence-corrected chi connectivity index (χ0v) is 12.0. The lowest BCUT2D eigenvalue weighted by Gasteiger charge is -2.06. The van der Waals surface area contributed by atoms with E-state index in [2.05, 4.69) is 20.3 Å². The highest BCUT2D eigenvalue weighted by atomic mass is 35.5. The van der Waals surface area contributed by atoms with Gasteiger partial charge in [-0.05, 0) is 38.1 Å². The van der Waals surface area contributed by atoms with Crippen LogP contribution in [0.4, 0.5) is 11.5 Å². The van der Waals surface area contributed by atoms with Crippen LogP contribution in [-0.2, 0) is 0 Å². The fourth-order valence-corrected chi connectivity index (χ4v) is 2.75. The molecule has 96 valence electrons. The number of nitrogens with one attached hydrogen (secondary N) is 1. The first-order valence-corrected chi connectivity index (χ1v) is 6.95. The largest absolute Gasteiger partial charge is 0.338 e. The minimum atomic E-state index is 0.707. The third kappa shape index (κ3) is 2.52. The lowest BCUT2D eigenvalue weighted by atomic mass is 10.3. The number of thiazole rings is 1. The standard InChI is InChI=1S/C13H11ClN4S/c1-7-15-12(11-13(16-7)19-8(2)17-11)18-10-5-3-9(14)4-6-10/h3-6H,1-2H3,(H,15,16,18). The molecule has 0 amide bonds. The van der Waals surface area contributed by atoms with E-state index >= 15 is 0 Å². The SMILES string of the molecule is Cc1nc(Nc2ccc(Cl)cc2)c2nc(C)sc2n1. The third-order valence-electron chi connectivity index (χ3n) is 2.58. The molecule has 1 aromatic carbocycles. The molecule has 0 radical (unpaired) electrons. The molecule has 2 aromatic heterocycles. The van der Waals surface area contributed by atoms with Crippen molar-refractivity contribution in [3.05, 3.63) is 40.1 Å². The topological polar surface area (TPSA) is 50.7 Å². The second-order valence-electron chi connectivity index (χ2n) is 4.14. The van der Waals surface area contributed by atoms with Crippen molar-refractivity contribution in [1.82, 2.24) is 15.0 Å². The molecule has 0 bridgehead atoms. The van der Waals surface area contributed by atoms with Gasteiger partial charge in [-0.25, -0.2) is 15.0 Å². The summed E-state index contributed by atoms with van der Waals surface area (Å²) in [6.07, 6.45) is 0. The molecule has 6 heteroatoms. The van der Waals surface area contributed by atoms with Crippen molar-refractivity contribution >= 4 is 44.8 Å². The van der Waals surface area contributed by atoms with Gasteiger partial charge >= 0.3 is 0 Å². The molecule has 0 atom stereocenters. The Morgan fingerprint density at radius 3 is 2.53 bits per heavy atom. The predicted octanol–water partition coefficient (Wildman–Crippen LogP) is 4.10. The van der Waals surface area contributed by atoms with Crippen LogP contribution < -0.4 is 5.32 Å². The molecule has 0 aliphatic heterocycles. The monoisotopic (exact) mass is 290 g/mol. The van der Waals surface area contributed by atoms with E-state index in [1.807, 2.05) is 38.1 Å². The van der Waals surface area contributed by atoms with Crippen LogP contribution in [0.5, 0.6) is 0 Å². The average Bonchev–Trinajstić information content (AvgIpc) is 2.72. The van der Waals surface area contributed by atoms with Crippen LogP contribution >= 0.6 is 22.9 Å². The van der Waals surface area contributed by atoms with Gasteiger partial charge in [-0.2, -0.15) is 0 Å². The molecule has 0 aliphatic carbocycles. The summed E-state index contributed by atoms with van der Waals surface area (Å²) in [4.78, 5) is 14.2. The molecule has 2 heterocycles. The van der Waals surface area contributed by atoms with Crippen LogP contribution in [0.3, 0.4) is 0 Å². The van der Waals surface area contributed by atoms with Gasteiger partial charge in [-0.3, -0.25) is 0 Å². The van der Waals surface area contributed by atoms with Gasteiger partial charge in [0.2, 0.25) is 0 Å². The second-order valence-corrected chi connectivity index (χ2v) is 5.76. The first-order valence-electron chi connectivity index (χ1n) is 5.76. The number of benzene rings is 1. The average molecular weight is 291 g/mol. The summed E-state index contributed by atoms with van der Waals surface area (Å²) in [5.41, 5.74) is 1.73. The Balaban J connectivity index is 2.06. The molecule has 0 saturated heterocycles. The van der Waals surface area contributed by atoms with Gasteiger partial charge in [-0.1, -0.05) is 22.9 Å². The smallest absolute Gasteiger partial charge is 0.161 e. The van der Waals surface area contributed by atoms with Crippen molar-refractivity contribution in [3.8, 4) is 0 Å². The zero-order chi connectivity index (χ0) is 13.4. The van der Waals surface area contributed by atoms with Gasteiger partial charge in [0.25, 0.3) is 0 Å². The fourth-order valence-electron chi connectivity index (χ4n) is 1.79. The number of halogens is 1. The summed E-state index contributed by atoms with van der Waals surface area (Å²) in [6, 6.07) is 7.48. The summed E-state index contributed by atoms with van der Waals surface area (Å²) in [6.45, 7) is 3.84. The maximum atomic E-state index is 5.87. The maximum Gasteiger partial charge on any atom is 0.161 e. The highest BCUT2D eigenvalue weighted by Crippen LogP contribution is 2.27. The van der Waals surface area contributed by atoms with E-state index in [0.29, 0.717) is 5.02 Å². The second kappa shape index (κ2) is 4.75. The van der Waals surface area contributed by atoms with Crippen molar-refractivity contribution < 1.29 is 0 Å². The third-order valence-corrected chi connectivity index (χ3v) is 3.70. The van der Waals surface area contributed by atoms with E-state index in [1.54, 1.807) is 11.3 Å². The Morgan fingerprint density at radius 2 is 1.79 bits per heavy atom. The van der Waals surface area contributed by atoms with Gasteiger partial charge in [0.1, 0.15) is 16.2 Å². The number of hydrogen-bond donors (Lipinski definition) is 1. The molecule has 19 heavy (non-hydrogen) atoms. The number of nitrogens with zero attached hydrogens (tertiary/aromatic N) is 3. The van der Waals surface area contributed by atoms with Crippen LogP contribution in [0, 0.1) is 13.8 Å². The number of fused-ring (bicyclic) bond motifs is 1. The summed E-state index contributed by atoms with van der Waals surface area (Å²) in [5, 5.41) is 4.95. The molecule has 0 aliphatic rings. The van der Waals surface area contributed by atoms with Crippen molar-refractivity contribution in [2.75, 3.05) is 5.32 Å². The Labute approximate surface area is 119 Å². The molecule has 0 saturated carbocycles. The van der Waals surface area contributed by atoms with Crippen molar-refractivity contribution in [1.29, 1.82) is 0 Å². The first kappa shape index (κ1) is 12.3. The van der Waals surface area contributed by atoms with E-state index < -0.39 is 0 Å². The number of aromatic nitrogens is 3. The predicted molar refractivity (Wildman–Crippen MR) is 79.4 cm³/mol. The van der Waals surface area contributed by atoms with E-state index in [1.165, 1.54) is 0 Å². The van der Waals surface area contributed by atoms with E-state index in [-0.39, 0.29) is 0 Å². The Hall–Kier alpha value is -1.72.